The highest BCUT2D eigenvalue weighted by molar-refractivity contribution is 7.90. The quantitative estimate of drug-likeness (QED) is 0.759. The van der Waals surface area contributed by atoms with Gasteiger partial charge in [-0.05, 0) is 22.4 Å². The van der Waals surface area contributed by atoms with E-state index < -0.39 is 9.84 Å². The predicted octanol–water partition coefficient (Wildman–Crippen LogP) is 0.278. The lowest BCUT2D eigenvalue weighted by atomic mass is 10.1. The van der Waals surface area contributed by atoms with E-state index in [4.69, 9.17) is 0 Å². The molecule has 106 valence electrons. The Morgan fingerprint density at radius 3 is 2.60 bits per heavy atom. The summed E-state index contributed by atoms with van der Waals surface area (Å²) >= 11 is 0. The molecule has 0 fully saturated rings. The van der Waals surface area contributed by atoms with Gasteiger partial charge in [0.05, 0.1) is 0 Å². The Morgan fingerprint density at radius 1 is 1.25 bits per heavy atom. The standard InChI is InChI=1S/C12H14N4O3S/c1-20(18,19)12-13-14-15-16(12)9-11(17)8-7-10-5-3-2-4-6-10/h2-6H,7-9H2,1H3. The molecule has 7 nitrogen and oxygen atoms in total. The second-order valence-electron chi connectivity index (χ2n) is 4.42. The minimum absolute atomic E-state index is 0.119. The zero-order valence-electron chi connectivity index (χ0n) is 10.9. The van der Waals surface area contributed by atoms with Crippen molar-refractivity contribution in [3.8, 4) is 0 Å². The zero-order valence-corrected chi connectivity index (χ0v) is 11.7. The van der Waals surface area contributed by atoms with Crippen molar-refractivity contribution >= 4 is 15.6 Å². The van der Waals surface area contributed by atoms with Crippen LogP contribution in [0, 0.1) is 0 Å². The molecule has 0 saturated carbocycles. The maximum absolute atomic E-state index is 11.9. The molecule has 2 rings (SSSR count). The Bertz CT molecular complexity index is 695. The molecule has 0 aliphatic rings. The first-order valence-corrected chi connectivity index (χ1v) is 7.88. The summed E-state index contributed by atoms with van der Waals surface area (Å²) in [6.45, 7) is -0.137. The van der Waals surface area contributed by atoms with Gasteiger partial charge in [0.15, 0.2) is 5.78 Å². The van der Waals surface area contributed by atoms with E-state index in [0.717, 1.165) is 16.5 Å². The van der Waals surface area contributed by atoms with E-state index in [1.807, 2.05) is 30.3 Å². The van der Waals surface area contributed by atoms with Gasteiger partial charge in [0.25, 0.3) is 5.16 Å². The summed E-state index contributed by atoms with van der Waals surface area (Å²) in [6, 6.07) is 9.59. The van der Waals surface area contributed by atoms with E-state index in [1.165, 1.54) is 0 Å². The first-order valence-electron chi connectivity index (χ1n) is 5.98. The molecule has 8 heteroatoms. The number of aromatic nitrogens is 4. The number of ketones is 1. The molecule has 20 heavy (non-hydrogen) atoms. The number of hydrogen-bond acceptors (Lipinski definition) is 6. The normalized spacial score (nSPS) is 11.4. The summed E-state index contributed by atoms with van der Waals surface area (Å²) in [7, 11) is -3.53. The lowest BCUT2D eigenvalue weighted by molar-refractivity contribution is -0.119. The van der Waals surface area contributed by atoms with Crippen LogP contribution >= 0.6 is 0 Å². The summed E-state index contributed by atoms with van der Waals surface area (Å²) in [5.74, 6) is -0.119. The Hall–Kier alpha value is -2.09. The predicted molar refractivity (Wildman–Crippen MR) is 70.7 cm³/mol. The van der Waals surface area contributed by atoms with Crippen LogP contribution in [0.5, 0.6) is 0 Å². The molecule has 2 aromatic rings. The molecule has 0 aliphatic heterocycles. The minimum Gasteiger partial charge on any atom is -0.298 e. The summed E-state index contributed by atoms with van der Waals surface area (Å²) in [4.78, 5) is 11.9. The van der Waals surface area contributed by atoms with Gasteiger partial charge in [-0.3, -0.25) is 4.79 Å². The van der Waals surface area contributed by atoms with Gasteiger partial charge in [-0.2, -0.15) is 0 Å². The highest BCUT2D eigenvalue weighted by Crippen LogP contribution is 2.06. The fourth-order valence-electron chi connectivity index (χ4n) is 1.74. The molecule has 0 radical (unpaired) electrons. The molecule has 0 atom stereocenters. The number of hydrogen-bond donors (Lipinski definition) is 0. The van der Waals surface area contributed by atoms with Crippen molar-refractivity contribution in [1.29, 1.82) is 0 Å². The van der Waals surface area contributed by atoms with Crippen LogP contribution in [0.2, 0.25) is 0 Å². The second kappa shape index (κ2) is 5.91. The highest BCUT2D eigenvalue weighted by Gasteiger charge is 2.18. The lowest BCUT2D eigenvalue weighted by Crippen LogP contribution is -2.17. The van der Waals surface area contributed by atoms with Gasteiger partial charge in [0, 0.05) is 12.7 Å². The zero-order chi connectivity index (χ0) is 14.6. The maximum atomic E-state index is 11.9. The van der Waals surface area contributed by atoms with Crippen LogP contribution < -0.4 is 0 Å². The minimum atomic E-state index is -3.53. The third kappa shape index (κ3) is 3.70. The molecular weight excluding hydrogens is 280 g/mol. The number of tetrazole rings is 1. The molecule has 0 unspecified atom stereocenters. The highest BCUT2D eigenvalue weighted by atomic mass is 32.2. The number of Topliss-reactive ketones (excluding diaryl/α,β-unsaturated/α-hetero) is 1. The van der Waals surface area contributed by atoms with Crippen LogP contribution in [0.15, 0.2) is 35.5 Å². The van der Waals surface area contributed by atoms with Gasteiger partial charge in [0.2, 0.25) is 9.84 Å². The number of benzene rings is 1. The number of nitrogens with zero attached hydrogens (tertiary/aromatic N) is 4. The van der Waals surface area contributed by atoms with Crippen LogP contribution in [0.25, 0.3) is 0 Å². The van der Waals surface area contributed by atoms with Crippen molar-refractivity contribution in [3.05, 3.63) is 35.9 Å². The van der Waals surface area contributed by atoms with E-state index in [2.05, 4.69) is 15.5 Å². The van der Waals surface area contributed by atoms with Crippen molar-refractivity contribution in [2.24, 2.45) is 0 Å². The smallest absolute Gasteiger partial charge is 0.267 e. The van der Waals surface area contributed by atoms with Crippen LogP contribution in [0.1, 0.15) is 12.0 Å². The first-order chi connectivity index (χ1) is 9.47. The Balaban J connectivity index is 1.97. The van der Waals surface area contributed by atoms with Gasteiger partial charge in [-0.15, -0.1) is 0 Å². The monoisotopic (exact) mass is 294 g/mol. The second-order valence-corrected chi connectivity index (χ2v) is 6.33. The summed E-state index contributed by atoms with van der Waals surface area (Å²) in [6.07, 6.45) is 1.92. The Labute approximate surface area is 116 Å². The summed E-state index contributed by atoms with van der Waals surface area (Å²) < 4.78 is 23.8. The van der Waals surface area contributed by atoms with E-state index >= 15 is 0 Å². The van der Waals surface area contributed by atoms with E-state index in [-0.39, 0.29) is 17.5 Å². The largest absolute Gasteiger partial charge is 0.298 e. The van der Waals surface area contributed by atoms with E-state index in [0.29, 0.717) is 12.8 Å². The molecule has 0 N–H and O–H groups in total. The van der Waals surface area contributed by atoms with Gasteiger partial charge >= 0.3 is 0 Å². The number of carbonyl (C=O) groups excluding carboxylic acids is 1. The van der Waals surface area contributed by atoms with Crippen molar-refractivity contribution in [1.82, 2.24) is 20.2 Å². The van der Waals surface area contributed by atoms with Crippen molar-refractivity contribution in [2.45, 2.75) is 24.5 Å². The molecular formula is C12H14N4O3S. The van der Waals surface area contributed by atoms with Crippen LogP contribution in [-0.4, -0.2) is 40.7 Å². The van der Waals surface area contributed by atoms with Gasteiger partial charge in [0.1, 0.15) is 6.54 Å². The third-order valence-electron chi connectivity index (χ3n) is 2.69. The van der Waals surface area contributed by atoms with Crippen molar-refractivity contribution < 1.29 is 13.2 Å². The Kier molecular flexibility index (Phi) is 4.23. The number of sulfone groups is 1. The van der Waals surface area contributed by atoms with Crippen molar-refractivity contribution in [2.75, 3.05) is 6.26 Å². The SMILES string of the molecule is CS(=O)(=O)c1nnnn1CC(=O)CCc1ccccc1. The van der Waals surface area contributed by atoms with Crippen molar-refractivity contribution in [3.63, 3.8) is 0 Å². The van der Waals surface area contributed by atoms with Gasteiger partial charge in [-0.1, -0.05) is 35.4 Å². The molecule has 0 amide bonds. The van der Waals surface area contributed by atoms with Gasteiger partial charge < -0.3 is 0 Å². The average Bonchev–Trinajstić information content (AvgIpc) is 2.86. The fraction of sp³-hybridized carbons (Fsp3) is 0.333. The van der Waals surface area contributed by atoms with E-state index in [9.17, 15) is 13.2 Å². The molecule has 1 aromatic heterocycles. The maximum Gasteiger partial charge on any atom is 0.267 e. The fourth-order valence-corrected chi connectivity index (χ4v) is 2.40. The lowest BCUT2D eigenvalue weighted by Gasteiger charge is -2.03. The Morgan fingerprint density at radius 2 is 1.95 bits per heavy atom. The average molecular weight is 294 g/mol. The van der Waals surface area contributed by atoms with Crippen LogP contribution in [0.4, 0.5) is 0 Å². The van der Waals surface area contributed by atoms with Gasteiger partial charge in [-0.25, -0.2) is 13.1 Å². The van der Waals surface area contributed by atoms with E-state index in [1.54, 1.807) is 0 Å². The van der Waals surface area contributed by atoms with Crippen LogP contribution in [-0.2, 0) is 27.6 Å². The molecule has 0 saturated heterocycles. The number of aryl methyl sites for hydroxylation is 1. The molecule has 0 spiro atoms. The molecule has 1 aromatic carbocycles. The van der Waals surface area contributed by atoms with Crippen LogP contribution in [0.3, 0.4) is 0 Å². The summed E-state index contributed by atoms with van der Waals surface area (Å²) in [5, 5.41) is 9.96. The third-order valence-corrected chi connectivity index (χ3v) is 3.65. The number of carbonyl (C=O) groups is 1. The molecule has 0 aliphatic carbocycles. The first kappa shape index (κ1) is 14.3. The number of rotatable bonds is 6. The summed E-state index contributed by atoms with van der Waals surface area (Å²) in [5.41, 5.74) is 1.06. The molecule has 0 bridgehead atoms. The molecule has 1 heterocycles. The topological polar surface area (TPSA) is 94.8 Å².